The summed E-state index contributed by atoms with van der Waals surface area (Å²) in [6.07, 6.45) is 3.43. The molecule has 0 bridgehead atoms. The zero-order chi connectivity index (χ0) is 18.0. The number of rotatable bonds is 4. The van der Waals surface area contributed by atoms with Gasteiger partial charge in [0.2, 0.25) is 10.0 Å². The van der Waals surface area contributed by atoms with E-state index in [1.54, 1.807) is 0 Å². The van der Waals surface area contributed by atoms with Crippen molar-refractivity contribution in [1.29, 1.82) is 0 Å². The van der Waals surface area contributed by atoms with E-state index in [2.05, 4.69) is 10.2 Å². The number of ether oxygens (including phenoxy) is 1. The minimum Gasteiger partial charge on any atom is -0.378 e. The Bertz CT molecular complexity index is 750. The van der Waals surface area contributed by atoms with Crippen molar-refractivity contribution in [3.8, 4) is 0 Å². The van der Waals surface area contributed by atoms with Crippen LogP contribution in [0.2, 0.25) is 0 Å². The molecule has 2 saturated heterocycles. The third-order valence-corrected chi connectivity index (χ3v) is 5.65. The van der Waals surface area contributed by atoms with Crippen LogP contribution < -0.4 is 10.5 Å². The van der Waals surface area contributed by atoms with E-state index in [1.807, 2.05) is 0 Å². The Kier molecular flexibility index (Phi) is 5.38. The van der Waals surface area contributed by atoms with Gasteiger partial charge < -0.3 is 10.1 Å². The minimum absolute atomic E-state index is 0.0498. The highest BCUT2D eigenvalue weighted by molar-refractivity contribution is 7.89. The number of carbonyl (C=O) groups is 1. The van der Waals surface area contributed by atoms with Gasteiger partial charge in [-0.05, 0) is 44.1 Å². The predicted molar refractivity (Wildman–Crippen MR) is 89.1 cm³/mol. The van der Waals surface area contributed by atoms with Crippen LogP contribution in [-0.4, -0.2) is 57.6 Å². The molecule has 0 aromatic heterocycles. The van der Waals surface area contributed by atoms with Crippen molar-refractivity contribution < 1.29 is 22.3 Å². The summed E-state index contributed by atoms with van der Waals surface area (Å²) in [4.78, 5) is 14.5. The van der Waals surface area contributed by atoms with Gasteiger partial charge >= 0.3 is 0 Å². The standard InChI is InChI=1S/C16H22FN3O4S/c17-13-5-4-11(25(18,22)23)8-12(13)16(21)19-14-9-24-10-15(14)20-6-2-1-3-7-20/h4-5,8,14-15H,1-3,6-7,9-10H2,(H,19,21)(H2,18,22,23)/t14-,15-/m0/s1. The van der Waals surface area contributed by atoms with Crippen LogP contribution in [0.4, 0.5) is 4.39 Å². The molecule has 25 heavy (non-hydrogen) atoms. The quantitative estimate of drug-likeness (QED) is 0.800. The number of likely N-dealkylation sites (tertiary alicyclic amines) is 1. The molecular weight excluding hydrogens is 349 g/mol. The van der Waals surface area contributed by atoms with Crippen molar-refractivity contribution in [1.82, 2.24) is 10.2 Å². The van der Waals surface area contributed by atoms with E-state index in [1.165, 1.54) is 6.42 Å². The molecule has 0 unspecified atom stereocenters. The monoisotopic (exact) mass is 371 g/mol. The van der Waals surface area contributed by atoms with Gasteiger partial charge in [0.05, 0.1) is 35.8 Å². The second-order valence-electron chi connectivity index (χ2n) is 6.47. The number of amides is 1. The zero-order valence-electron chi connectivity index (χ0n) is 13.8. The Hall–Kier alpha value is -1.55. The number of benzene rings is 1. The Morgan fingerprint density at radius 2 is 1.96 bits per heavy atom. The summed E-state index contributed by atoms with van der Waals surface area (Å²) in [5.41, 5.74) is -0.337. The number of carbonyl (C=O) groups excluding carboxylic acids is 1. The Balaban J connectivity index is 1.75. The Labute approximate surface area is 146 Å². The third kappa shape index (κ3) is 4.17. The lowest BCUT2D eigenvalue weighted by Crippen LogP contribution is -2.52. The number of sulfonamides is 1. The highest BCUT2D eigenvalue weighted by Crippen LogP contribution is 2.20. The summed E-state index contributed by atoms with van der Waals surface area (Å²) in [5, 5.41) is 7.83. The lowest BCUT2D eigenvalue weighted by Gasteiger charge is -2.34. The van der Waals surface area contributed by atoms with Crippen molar-refractivity contribution >= 4 is 15.9 Å². The normalized spacial score (nSPS) is 25.0. The minimum atomic E-state index is -4.01. The molecule has 0 spiro atoms. The van der Waals surface area contributed by atoms with Gasteiger partial charge in [-0.3, -0.25) is 9.69 Å². The average molecular weight is 371 g/mol. The fourth-order valence-corrected chi connectivity index (χ4v) is 3.93. The first-order chi connectivity index (χ1) is 11.9. The first-order valence-corrected chi connectivity index (χ1v) is 9.86. The van der Waals surface area contributed by atoms with Crippen LogP contribution >= 0.6 is 0 Å². The molecule has 138 valence electrons. The van der Waals surface area contributed by atoms with Gasteiger partial charge in [-0.2, -0.15) is 0 Å². The molecule has 1 amide bonds. The first-order valence-electron chi connectivity index (χ1n) is 8.31. The van der Waals surface area contributed by atoms with Crippen LogP contribution in [0.5, 0.6) is 0 Å². The van der Waals surface area contributed by atoms with Gasteiger partial charge in [-0.1, -0.05) is 6.42 Å². The van der Waals surface area contributed by atoms with Gasteiger partial charge in [0.15, 0.2) is 0 Å². The summed E-state index contributed by atoms with van der Waals surface area (Å²) in [5.74, 6) is -1.46. The van der Waals surface area contributed by atoms with Crippen molar-refractivity contribution in [3.05, 3.63) is 29.6 Å². The lowest BCUT2D eigenvalue weighted by atomic mass is 10.0. The van der Waals surface area contributed by atoms with E-state index >= 15 is 0 Å². The molecule has 0 aliphatic carbocycles. The number of halogens is 1. The molecule has 3 rings (SSSR count). The largest absolute Gasteiger partial charge is 0.378 e. The number of nitrogens with two attached hydrogens (primary N) is 1. The van der Waals surface area contributed by atoms with Gasteiger partial charge in [-0.25, -0.2) is 17.9 Å². The van der Waals surface area contributed by atoms with Gasteiger partial charge in [-0.15, -0.1) is 0 Å². The fraction of sp³-hybridized carbons (Fsp3) is 0.562. The Morgan fingerprint density at radius 3 is 2.64 bits per heavy atom. The van der Waals surface area contributed by atoms with Gasteiger partial charge in [0.1, 0.15) is 5.82 Å². The summed E-state index contributed by atoms with van der Waals surface area (Å²) in [7, 11) is -4.01. The molecule has 2 fully saturated rings. The zero-order valence-corrected chi connectivity index (χ0v) is 14.6. The molecule has 2 aliphatic heterocycles. The molecule has 2 aliphatic rings. The number of nitrogens with zero attached hydrogens (tertiary/aromatic N) is 1. The maximum absolute atomic E-state index is 14.0. The topological polar surface area (TPSA) is 102 Å². The first kappa shape index (κ1) is 18.2. The molecule has 2 atom stereocenters. The summed E-state index contributed by atoms with van der Waals surface area (Å²) in [6, 6.07) is 2.72. The molecule has 2 heterocycles. The van der Waals surface area contributed by atoms with Gasteiger partial charge in [0.25, 0.3) is 5.91 Å². The molecule has 0 radical (unpaired) electrons. The summed E-state index contributed by atoms with van der Waals surface area (Å²) < 4.78 is 42.3. The predicted octanol–water partition coefficient (Wildman–Crippen LogP) is 0.456. The van der Waals surface area contributed by atoms with E-state index in [0.29, 0.717) is 13.2 Å². The van der Waals surface area contributed by atoms with Crippen molar-refractivity contribution in [2.45, 2.75) is 36.2 Å². The number of hydrogen-bond acceptors (Lipinski definition) is 5. The van der Waals surface area contributed by atoms with E-state index in [4.69, 9.17) is 9.88 Å². The molecule has 7 nitrogen and oxygen atoms in total. The van der Waals surface area contributed by atoms with Crippen LogP contribution in [0, 0.1) is 5.82 Å². The fourth-order valence-electron chi connectivity index (χ4n) is 3.39. The van der Waals surface area contributed by atoms with E-state index in [9.17, 15) is 17.6 Å². The second kappa shape index (κ2) is 7.36. The lowest BCUT2D eigenvalue weighted by molar-refractivity contribution is 0.0895. The SMILES string of the molecule is NS(=O)(=O)c1ccc(F)c(C(=O)N[C@H]2COC[C@@H]2N2CCCCC2)c1. The van der Waals surface area contributed by atoms with E-state index in [-0.39, 0.29) is 22.5 Å². The van der Waals surface area contributed by atoms with Crippen LogP contribution in [0.3, 0.4) is 0 Å². The smallest absolute Gasteiger partial charge is 0.254 e. The van der Waals surface area contributed by atoms with E-state index in [0.717, 1.165) is 44.1 Å². The number of primary sulfonamides is 1. The maximum atomic E-state index is 14.0. The van der Waals surface area contributed by atoms with Crippen LogP contribution in [0.15, 0.2) is 23.1 Å². The van der Waals surface area contributed by atoms with E-state index < -0.39 is 21.7 Å². The second-order valence-corrected chi connectivity index (χ2v) is 8.03. The van der Waals surface area contributed by atoms with Crippen LogP contribution in [0.25, 0.3) is 0 Å². The highest BCUT2D eigenvalue weighted by Gasteiger charge is 2.35. The summed E-state index contributed by atoms with van der Waals surface area (Å²) in [6.45, 7) is 2.78. The molecule has 1 aromatic rings. The molecular formula is C16H22FN3O4S. The number of nitrogens with one attached hydrogen (secondary N) is 1. The van der Waals surface area contributed by atoms with Crippen molar-refractivity contribution in [3.63, 3.8) is 0 Å². The molecule has 3 N–H and O–H groups in total. The molecule has 9 heteroatoms. The summed E-state index contributed by atoms with van der Waals surface area (Å²) >= 11 is 0. The third-order valence-electron chi connectivity index (χ3n) is 4.74. The average Bonchev–Trinajstić information content (AvgIpc) is 3.03. The van der Waals surface area contributed by atoms with Crippen molar-refractivity contribution in [2.75, 3.05) is 26.3 Å². The Morgan fingerprint density at radius 1 is 1.24 bits per heavy atom. The van der Waals surface area contributed by atoms with Crippen LogP contribution in [0.1, 0.15) is 29.6 Å². The van der Waals surface area contributed by atoms with Crippen molar-refractivity contribution in [2.24, 2.45) is 5.14 Å². The number of hydrogen-bond donors (Lipinski definition) is 2. The molecule has 1 aromatic carbocycles. The highest BCUT2D eigenvalue weighted by atomic mass is 32.2. The number of piperidine rings is 1. The maximum Gasteiger partial charge on any atom is 0.254 e. The van der Waals surface area contributed by atoms with Crippen LogP contribution in [-0.2, 0) is 14.8 Å². The van der Waals surface area contributed by atoms with Gasteiger partial charge in [0, 0.05) is 0 Å². The molecule has 0 saturated carbocycles.